The Labute approximate surface area is 127 Å². The van der Waals surface area contributed by atoms with Crippen LogP contribution in [-0.2, 0) is 13.0 Å². The van der Waals surface area contributed by atoms with E-state index < -0.39 is 4.92 Å². The highest BCUT2D eigenvalue weighted by Crippen LogP contribution is 2.25. The molecule has 0 fully saturated rings. The summed E-state index contributed by atoms with van der Waals surface area (Å²) in [6, 6.07) is 11.0. The molecule has 0 saturated carbocycles. The van der Waals surface area contributed by atoms with Gasteiger partial charge in [0.1, 0.15) is 0 Å². The topological polar surface area (TPSA) is 63.5 Å². The van der Waals surface area contributed by atoms with E-state index in [1.807, 2.05) is 24.3 Å². The Hall–Kier alpha value is -2.21. The van der Waals surface area contributed by atoms with Crippen LogP contribution in [0.1, 0.15) is 27.7 Å². The Kier molecular flexibility index (Phi) is 4.70. The third kappa shape index (κ3) is 3.66. The fourth-order valence-electron chi connectivity index (χ4n) is 1.95. The van der Waals surface area contributed by atoms with Crippen molar-refractivity contribution in [2.45, 2.75) is 19.9 Å². The molecule has 0 atom stereocenters. The monoisotopic (exact) mass is 304 g/mol. The van der Waals surface area contributed by atoms with Gasteiger partial charge in [-0.05, 0) is 23.6 Å². The van der Waals surface area contributed by atoms with Gasteiger partial charge in [0, 0.05) is 19.7 Å². The van der Waals surface area contributed by atoms with E-state index in [0.717, 1.165) is 23.3 Å². The minimum atomic E-state index is -0.481. The highest BCUT2D eigenvalue weighted by atomic mass is 32.1. The first kappa shape index (κ1) is 15.2. The van der Waals surface area contributed by atoms with Crippen LogP contribution >= 0.6 is 11.3 Å². The van der Waals surface area contributed by atoms with Crippen LogP contribution in [0.2, 0.25) is 0 Å². The van der Waals surface area contributed by atoms with Crippen molar-refractivity contribution in [2.24, 2.45) is 0 Å². The van der Waals surface area contributed by atoms with Crippen molar-refractivity contribution in [1.29, 1.82) is 0 Å². The summed E-state index contributed by atoms with van der Waals surface area (Å²) in [7, 11) is 1.70. The molecule has 0 bridgehead atoms. The molecule has 0 N–H and O–H groups in total. The quantitative estimate of drug-likeness (QED) is 0.627. The molecule has 1 heterocycles. The summed E-state index contributed by atoms with van der Waals surface area (Å²) in [5, 5.41) is 10.6. The Balaban J connectivity index is 2.05. The molecule has 110 valence electrons. The highest BCUT2D eigenvalue weighted by Gasteiger charge is 2.18. The summed E-state index contributed by atoms with van der Waals surface area (Å²) < 4.78 is 0. The fourth-order valence-corrected chi connectivity index (χ4v) is 2.77. The zero-order valence-corrected chi connectivity index (χ0v) is 12.7. The maximum absolute atomic E-state index is 12.2. The van der Waals surface area contributed by atoms with Gasteiger partial charge in [0.25, 0.3) is 5.91 Å². The summed E-state index contributed by atoms with van der Waals surface area (Å²) in [5.74, 6) is -0.201. The maximum atomic E-state index is 12.2. The van der Waals surface area contributed by atoms with E-state index in [-0.39, 0.29) is 10.9 Å². The predicted molar refractivity (Wildman–Crippen MR) is 82.6 cm³/mol. The van der Waals surface area contributed by atoms with Crippen LogP contribution in [0.4, 0.5) is 5.00 Å². The lowest BCUT2D eigenvalue weighted by Gasteiger charge is -2.16. The number of carbonyl (C=O) groups is 1. The minimum Gasteiger partial charge on any atom is -0.337 e. The molecule has 0 spiro atoms. The number of hydrogen-bond acceptors (Lipinski definition) is 4. The van der Waals surface area contributed by atoms with E-state index >= 15 is 0 Å². The van der Waals surface area contributed by atoms with Crippen LogP contribution in [0.25, 0.3) is 0 Å². The van der Waals surface area contributed by atoms with Gasteiger partial charge in [0.05, 0.1) is 9.80 Å². The second kappa shape index (κ2) is 6.49. The fraction of sp³-hybridized carbons (Fsp3) is 0.267. The normalized spacial score (nSPS) is 10.4. The number of aryl methyl sites for hydroxylation is 1. The average Bonchev–Trinajstić information content (AvgIpc) is 2.97. The molecule has 0 radical (unpaired) electrons. The van der Waals surface area contributed by atoms with Gasteiger partial charge in [-0.3, -0.25) is 14.9 Å². The van der Waals surface area contributed by atoms with Crippen LogP contribution in [-0.4, -0.2) is 22.8 Å². The van der Waals surface area contributed by atoms with E-state index in [1.54, 1.807) is 11.9 Å². The van der Waals surface area contributed by atoms with Gasteiger partial charge in [-0.1, -0.05) is 42.5 Å². The molecular formula is C15H16N2O3S. The summed E-state index contributed by atoms with van der Waals surface area (Å²) >= 11 is 0.904. The zero-order valence-electron chi connectivity index (χ0n) is 11.9. The third-order valence-corrected chi connectivity index (χ3v) is 4.21. The number of amides is 1. The molecule has 2 aromatic rings. The number of hydrogen-bond donors (Lipinski definition) is 0. The van der Waals surface area contributed by atoms with Gasteiger partial charge in [-0.2, -0.15) is 0 Å². The number of nitro groups is 1. The Morgan fingerprint density at radius 1 is 1.19 bits per heavy atom. The van der Waals surface area contributed by atoms with Crippen molar-refractivity contribution in [3.8, 4) is 0 Å². The predicted octanol–water partition coefficient (Wildman–Crippen LogP) is 3.49. The molecule has 5 nitrogen and oxygen atoms in total. The van der Waals surface area contributed by atoms with Crippen LogP contribution in [0.5, 0.6) is 0 Å². The Morgan fingerprint density at radius 2 is 1.81 bits per heavy atom. The molecular weight excluding hydrogens is 288 g/mol. The van der Waals surface area contributed by atoms with Crippen molar-refractivity contribution >= 4 is 22.2 Å². The molecule has 1 amide bonds. The van der Waals surface area contributed by atoms with Crippen molar-refractivity contribution in [1.82, 2.24) is 4.90 Å². The van der Waals surface area contributed by atoms with Gasteiger partial charge < -0.3 is 4.90 Å². The summed E-state index contributed by atoms with van der Waals surface area (Å²) in [5.41, 5.74) is 2.29. The van der Waals surface area contributed by atoms with E-state index in [0.29, 0.717) is 11.4 Å². The van der Waals surface area contributed by atoms with E-state index in [4.69, 9.17) is 0 Å². The second-order valence-electron chi connectivity index (χ2n) is 4.73. The molecule has 0 aliphatic carbocycles. The maximum Gasteiger partial charge on any atom is 0.324 e. The number of thiophene rings is 1. The molecule has 2 rings (SSSR count). The minimum absolute atomic E-state index is 0.0148. The number of carbonyl (C=O) groups excluding carboxylic acids is 1. The summed E-state index contributed by atoms with van der Waals surface area (Å²) in [6.45, 7) is 2.57. The van der Waals surface area contributed by atoms with Crippen LogP contribution in [0, 0.1) is 10.1 Å². The average molecular weight is 304 g/mol. The summed E-state index contributed by atoms with van der Waals surface area (Å²) in [6.07, 6.45) is 0.980. The van der Waals surface area contributed by atoms with Gasteiger partial charge >= 0.3 is 5.00 Å². The lowest BCUT2D eigenvalue weighted by atomic mass is 10.1. The first-order valence-corrected chi connectivity index (χ1v) is 7.40. The molecule has 6 heteroatoms. The van der Waals surface area contributed by atoms with E-state index in [1.165, 1.54) is 17.7 Å². The SMILES string of the molecule is CCc1ccc(CN(C)C(=O)c2ccc([N+](=O)[O-])s2)cc1. The standard InChI is InChI=1S/C15H16N2O3S/c1-3-11-4-6-12(7-5-11)10-16(2)15(18)13-8-9-14(21-13)17(19)20/h4-9H,3,10H2,1-2H3. The largest absolute Gasteiger partial charge is 0.337 e. The Morgan fingerprint density at radius 3 is 2.33 bits per heavy atom. The lowest BCUT2D eigenvalue weighted by Crippen LogP contribution is -2.25. The summed E-state index contributed by atoms with van der Waals surface area (Å²) in [4.78, 5) is 24.3. The van der Waals surface area contributed by atoms with E-state index in [2.05, 4.69) is 6.92 Å². The molecule has 1 aromatic carbocycles. The van der Waals surface area contributed by atoms with Crippen molar-refractivity contribution in [3.63, 3.8) is 0 Å². The third-order valence-electron chi connectivity index (χ3n) is 3.18. The smallest absolute Gasteiger partial charge is 0.324 e. The second-order valence-corrected chi connectivity index (χ2v) is 5.79. The van der Waals surface area contributed by atoms with Gasteiger partial charge in [0.15, 0.2) is 0 Å². The van der Waals surface area contributed by atoms with Crippen LogP contribution in [0.15, 0.2) is 36.4 Å². The molecule has 0 aliphatic rings. The Bertz CT molecular complexity index is 649. The molecule has 0 unspecified atom stereocenters. The molecule has 0 saturated heterocycles. The lowest BCUT2D eigenvalue weighted by molar-refractivity contribution is -0.380. The van der Waals surface area contributed by atoms with Crippen molar-refractivity contribution < 1.29 is 9.72 Å². The van der Waals surface area contributed by atoms with Crippen LogP contribution in [0.3, 0.4) is 0 Å². The van der Waals surface area contributed by atoms with Crippen molar-refractivity contribution in [2.75, 3.05) is 7.05 Å². The van der Waals surface area contributed by atoms with Gasteiger partial charge in [-0.25, -0.2) is 0 Å². The number of benzene rings is 1. The number of rotatable bonds is 5. The molecule has 21 heavy (non-hydrogen) atoms. The first-order chi connectivity index (χ1) is 10.0. The van der Waals surface area contributed by atoms with Gasteiger partial charge in [-0.15, -0.1) is 0 Å². The van der Waals surface area contributed by atoms with Gasteiger partial charge in [0.2, 0.25) is 0 Å². The molecule has 1 aromatic heterocycles. The zero-order chi connectivity index (χ0) is 15.4. The van der Waals surface area contributed by atoms with E-state index in [9.17, 15) is 14.9 Å². The van der Waals surface area contributed by atoms with Crippen LogP contribution < -0.4 is 0 Å². The van der Waals surface area contributed by atoms with Crippen molar-refractivity contribution in [3.05, 3.63) is 62.5 Å². The molecule has 0 aliphatic heterocycles. The number of nitrogens with zero attached hydrogens (tertiary/aromatic N) is 2. The highest BCUT2D eigenvalue weighted by molar-refractivity contribution is 7.17. The first-order valence-electron chi connectivity index (χ1n) is 6.58.